The molecule has 0 radical (unpaired) electrons. The molecule has 1 aliphatic rings. The zero-order chi connectivity index (χ0) is 14.6. The molecule has 0 saturated carbocycles. The third kappa shape index (κ3) is 3.71. The molecule has 20 heavy (non-hydrogen) atoms. The minimum Gasteiger partial charge on any atom is -0.384 e. The van der Waals surface area contributed by atoms with Gasteiger partial charge in [-0.05, 0) is 50.4 Å². The topological polar surface area (TPSA) is 67.4 Å². The lowest BCUT2D eigenvalue weighted by Crippen LogP contribution is -2.24. The van der Waals surface area contributed by atoms with Gasteiger partial charge in [-0.2, -0.15) is 0 Å². The third-order valence-electron chi connectivity index (χ3n) is 3.62. The maximum absolute atomic E-state index is 11.8. The van der Waals surface area contributed by atoms with E-state index in [-0.39, 0.29) is 4.90 Å². The first-order chi connectivity index (χ1) is 9.53. The number of aryl methyl sites for hydroxylation is 1. The second-order valence-electron chi connectivity index (χ2n) is 5.15. The van der Waals surface area contributed by atoms with Crippen molar-refractivity contribution in [2.24, 2.45) is 5.92 Å². The smallest absolute Gasteiger partial charge is 0.240 e. The molecule has 1 aliphatic heterocycles. The van der Waals surface area contributed by atoms with Crippen LogP contribution in [0.1, 0.15) is 18.4 Å². The van der Waals surface area contributed by atoms with Crippen LogP contribution in [0.15, 0.2) is 23.1 Å². The van der Waals surface area contributed by atoms with Crippen LogP contribution in [-0.2, 0) is 14.8 Å². The van der Waals surface area contributed by atoms with Gasteiger partial charge in [-0.3, -0.25) is 0 Å². The van der Waals surface area contributed by atoms with Crippen LogP contribution in [0.2, 0.25) is 0 Å². The first-order valence-electron chi connectivity index (χ1n) is 6.89. The highest BCUT2D eigenvalue weighted by atomic mass is 32.2. The summed E-state index contributed by atoms with van der Waals surface area (Å²) in [5.41, 5.74) is 1.91. The van der Waals surface area contributed by atoms with E-state index in [4.69, 9.17) is 4.74 Å². The predicted octanol–water partition coefficient (Wildman–Crippen LogP) is 1.74. The zero-order valence-corrected chi connectivity index (χ0v) is 12.8. The molecule has 1 aromatic rings. The van der Waals surface area contributed by atoms with Gasteiger partial charge in [-0.25, -0.2) is 13.1 Å². The molecule has 6 heteroatoms. The van der Waals surface area contributed by atoms with Gasteiger partial charge < -0.3 is 10.1 Å². The first kappa shape index (κ1) is 15.3. The summed E-state index contributed by atoms with van der Waals surface area (Å²) >= 11 is 0. The quantitative estimate of drug-likeness (QED) is 0.869. The third-order valence-corrected chi connectivity index (χ3v) is 5.04. The van der Waals surface area contributed by atoms with E-state index in [1.54, 1.807) is 12.1 Å². The predicted molar refractivity (Wildman–Crippen MR) is 79.5 cm³/mol. The summed E-state index contributed by atoms with van der Waals surface area (Å²) < 4.78 is 31.4. The van der Waals surface area contributed by atoms with Crippen LogP contribution in [0.4, 0.5) is 5.69 Å². The van der Waals surface area contributed by atoms with Crippen LogP contribution in [0.5, 0.6) is 0 Å². The van der Waals surface area contributed by atoms with Crippen molar-refractivity contribution in [1.29, 1.82) is 0 Å². The number of anilines is 1. The number of sulfonamides is 1. The van der Waals surface area contributed by atoms with Gasteiger partial charge >= 0.3 is 0 Å². The standard InChI is InChI=1S/C14H22N2O3S/c1-11-5-6-13(20(17,18)15-2)8-14(11)16-9-12-4-3-7-19-10-12/h5-6,8,12,15-16H,3-4,7,9-10H2,1-2H3. The molecule has 0 amide bonds. The number of rotatable bonds is 5. The minimum absolute atomic E-state index is 0.285. The van der Waals surface area contributed by atoms with Crippen molar-refractivity contribution in [2.75, 3.05) is 32.1 Å². The lowest BCUT2D eigenvalue weighted by molar-refractivity contribution is 0.0595. The van der Waals surface area contributed by atoms with Crippen molar-refractivity contribution in [1.82, 2.24) is 4.72 Å². The van der Waals surface area contributed by atoms with E-state index in [1.165, 1.54) is 7.05 Å². The van der Waals surface area contributed by atoms with E-state index < -0.39 is 10.0 Å². The molecule has 1 saturated heterocycles. The van der Waals surface area contributed by atoms with Gasteiger partial charge in [-0.15, -0.1) is 0 Å². The minimum atomic E-state index is -3.40. The van der Waals surface area contributed by atoms with Crippen molar-refractivity contribution in [2.45, 2.75) is 24.7 Å². The van der Waals surface area contributed by atoms with E-state index in [0.29, 0.717) is 5.92 Å². The summed E-state index contributed by atoms with van der Waals surface area (Å²) in [5.74, 6) is 0.493. The Hall–Kier alpha value is -1.11. The van der Waals surface area contributed by atoms with Crippen molar-refractivity contribution < 1.29 is 13.2 Å². The normalized spacial score (nSPS) is 19.8. The number of benzene rings is 1. The van der Waals surface area contributed by atoms with Crippen LogP contribution in [0.3, 0.4) is 0 Å². The summed E-state index contributed by atoms with van der Waals surface area (Å²) in [6.07, 6.45) is 2.25. The molecular formula is C14H22N2O3S. The summed E-state index contributed by atoms with van der Waals surface area (Å²) in [7, 11) is -1.98. The molecule has 112 valence electrons. The Labute approximate surface area is 120 Å². The molecule has 0 spiro atoms. The highest BCUT2D eigenvalue weighted by Crippen LogP contribution is 2.21. The fourth-order valence-electron chi connectivity index (χ4n) is 2.30. The van der Waals surface area contributed by atoms with E-state index in [0.717, 1.165) is 43.9 Å². The molecule has 0 aliphatic carbocycles. The Morgan fingerprint density at radius 3 is 2.85 bits per heavy atom. The number of hydrogen-bond acceptors (Lipinski definition) is 4. The summed E-state index contributed by atoms with van der Waals surface area (Å²) in [6.45, 7) is 4.41. The van der Waals surface area contributed by atoms with Gasteiger partial charge in [0.1, 0.15) is 0 Å². The van der Waals surface area contributed by atoms with Crippen LogP contribution in [0.25, 0.3) is 0 Å². The average Bonchev–Trinajstić information content (AvgIpc) is 2.47. The number of ether oxygens (including phenoxy) is 1. The molecule has 1 heterocycles. The maximum atomic E-state index is 11.8. The molecule has 2 rings (SSSR count). The van der Waals surface area contributed by atoms with Crippen LogP contribution < -0.4 is 10.0 Å². The average molecular weight is 298 g/mol. The van der Waals surface area contributed by atoms with Crippen LogP contribution in [-0.4, -0.2) is 35.2 Å². The van der Waals surface area contributed by atoms with Crippen LogP contribution >= 0.6 is 0 Å². The zero-order valence-electron chi connectivity index (χ0n) is 12.0. The fourth-order valence-corrected chi connectivity index (χ4v) is 3.06. The SMILES string of the molecule is CNS(=O)(=O)c1ccc(C)c(NCC2CCCOC2)c1. The van der Waals surface area contributed by atoms with Crippen molar-refractivity contribution >= 4 is 15.7 Å². The van der Waals surface area contributed by atoms with Gasteiger partial charge in [-0.1, -0.05) is 6.07 Å². The summed E-state index contributed by atoms with van der Waals surface area (Å²) in [6, 6.07) is 5.13. The Bertz CT molecular complexity index is 552. The number of nitrogens with one attached hydrogen (secondary N) is 2. The maximum Gasteiger partial charge on any atom is 0.240 e. The lowest BCUT2D eigenvalue weighted by Gasteiger charge is -2.23. The van der Waals surface area contributed by atoms with Crippen LogP contribution in [0, 0.1) is 12.8 Å². The molecule has 0 aromatic heterocycles. The van der Waals surface area contributed by atoms with Crippen molar-refractivity contribution in [3.8, 4) is 0 Å². The van der Waals surface area contributed by atoms with Crippen molar-refractivity contribution in [3.05, 3.63) is 23.8 Å². The molecule has 1 unspecified atom stereocenters. The molecule has 0 bridgehead atoms. The molecule has 1 atom stereocenters. The Morgan fingerprint density at radius 1 is 1.40 bits per heavy atom. The second kappa shape index (κ2) is 6.56. The molecule has 1 aromatic carbocycles. The lowest BCUT2D eigenvalue weighted by atomic mass is 10.0. The van der Waals surface area contributed by atoms with E-state index in [2.05, 4.69) is 10.0 Å². The van der Waals surface area contributed by atoms with E-state index in [9.17, 15) is 8.42 Å². The summed E-state index contributed by atoms with van der Waals surface area (Å²) in [4.78, 5) is 0.285. The molecule has 5 nitrogen and oxygen atoms in total. The molecule has 2 N–H and O–H groups in total. The molecule has 1 fully saturated rings. The Balaban J connectivity index is 2.08. The summed E-state index contributed by atoms with van der Waals surface area (Å²) in [5, 5.41) is 3.35. The van der Waals surface area contributed by atoms with Gasteiger partial charge in [0.15, 0.2) is 0 Å². The van der Waals surface area contributed by atoms with Gasteiger partial charge in [0, 0.05) is 18.8 Å². The van der Waals surface area contributed by atoms with Gasteiger partial charge in [0.25, 0.3) is 0 Å². The largest absolute Gasteiger partial charge is 0.384 e. The first-order valence-corrected chi connectivity index (χ1v) is 8.37. The highest BCUT2D eigenvalue weighted by molar-refractivity contribution is 7.89. The Morgan fingerprint density at radius 2 is 2.20 bits per heavy atom. The number of hydrogen-bond donors (Lipinski definition) is 2. The van der Waals surface area contributed by atoms with E-state index in [1.807, 2.05) is 13.0 Å². The Kier molecular flexibility index (Phi) is 5.01. The monoisotopic (exact) mass is 298 g/mol. The van der Waals surface area contributed by atoms with Crippen molar-refractivity contribution in [3.63, 3.8) is 0 Å². The second-order valence-corrected chi connectivity index (χ2v) is 7.03. The highest BCUT2D eigenvalue weighted by Gasteiger charge is 2.16. The van der Waals surface area contributed by atoms with Gasteiger partial charge in [0.05, 0.1) is 11.5 Å². The van der Waals surface area contributed by atoms with Gasteiger partial charge in [0.2, 0.25) is 10.0 Å². The fraction of sp³-hybridized carbons (Fsp3) is 0.571. The molecular weight excluding hydrogens is 276 g/mol. The van der Waals surface area contributed by atoms with E-state index >= 15 is 0 Å².